The van der Waals surface area contributed by atoms with Gasteiger partial charge >= 0.3 is 0 Å². The number of halogens is 1. The van der Waals surface area contributed by atoms with Crippen LogP contribution in [0.2, 0.25) is 0 Å². The number of hydrogen-bond donors (Lipinski definition) is 3. The molecule has 0 bridgehead atoms. The number of nitrogens with zero attached hydrogens (tertiary/aromatic N) is 6. The van der Waals surface area contributed by atoms with Gasteiger partial charge in [0.15, 0.2) is 5.82 Å². The first-order valence-electron chi connectivity index (χ1n) is 15.0. The first-order valence-corrected chi connectivity index (χ1v) is 15.0. The number of nitrogens with one attached hydrogen (secondary N) is 2. The molecule has 0 spiro atoms. The lowest BCUT2D eigenvalue weighted by atomic mass is 9.94. The SMILES string of the molecule is COc1ccc2c(c1)C=CC=C1C=C(n3nc(Nc4ccc(N5CCN(C6CCCCC6)CC5)c(F)c4)nc3N)NN=C12. The number of aromatic nitrogens is 3. The Morgan fingerprint density at radius 2 is 1.88 bits per heavy atom. The van der Waals surface area contributed by atoms with E-state index in [1.807, 2.05) is 54.6 Å². The molecule has 0 amide bonds. The summed E-state index contributed by atoms with van der Waals surface area (Å²) >= 11 is 0. The number of rotatable bonds is 6. The number of nitrogen functional groups attached to an aromatic ring is 1. The number of methoxy groups -OCH3 is 1. The Bertz CT molecular complexity index is 1640. The van der Waals surface area contributed by atoms with Gasteiger partial charge in [0.2, 0.25) is 11.9 Å². The van der Waals surface area contributed by atoms with E-state index >= 15 is 4.39 Å². The molecule has 2 fully saturated rings. The molecular weight excluding hydrogens is 545 g/mol. The van der Waals surface area contributed by atoms with Crippen LogP contribution in [-0.2, 0) is 0 Å². The Labute approximate surface area is 250 Å². The molecule has 2 aliphatic carbocycles. The van der Waals surface area contributed by atoms with Gasteiger partial charge in [0.05, 0.1) is 18.5 Å². The van der Waals surface area contributed by atoms with Crippen LogP contribution in [0, 0.1) is 5.82 Å². The number of hydrazone groups is 1. The van der Waals surface area contributed by atoms with Crippen molar-refractivity contribution < 1.29 is 9.13 Å². The fourth-order valence-corrected chi connectivity index (χ4v) is 6.45. The van der Waals surface area contributed by atoms with Crippen molar-refractivity contribution in [3.63, 3.8) is 0 Å². The van der Waals surface area contributed by atoms with Crippen LogP contribution in [0.25, 0.3) is 11.9 Å². The highest BCUT2D eigenvalue weighted by atomic mass is 19.1. The zero-order chi connectivity index (χ0) is 29.3. The van der Waals surface area contributed by atoms with Crippen LogP contribution in [-0.4, -0.2) is 64.7 Å². The monoisotopic (exact) mass is 581 g/mol. The Kier molecular flexibility index (Phi) is 7.32. The molecule has 10 nitrogen and oxygen atoms in total. The highest BCUT2D eigenvalue weighted by Crippen LogP contribution is 2.30. The van der Waals surface area contributed by atoms with Gasteiger partial charge < -0.3 is 20.7 Å². The van der Waals surface area contributed by atoms with Crippen LogP contribution in [0.3, 0.4) is 0 Å². The van der Waals surface area contributed by atoms with E-state index in [0.717, 1.165) is 54.3 Å². The highest BCUT2D eigenvalue weighted by Gasteiger charge is 2.26. The summed E-state index contributed by atoms with van der Waals surface area (Å²) in [4.78, 5) is 9.10. The van der Waals surface area contributed by atoms with E-state index in [4.69, 9.17) is 10.5 Å². The van der Waals surface area contributed by atoms with Gasteiger partial charge in [-0.3, -0.25) is 10.3 Å². The van der Waals surface area contributed by atoms with Crippen LogP contribution >= 0.6 is 0 Å². The van der Waals surface area contributed by atoms with E-state index in [-0.39, 0.29) is 17.7 Å². The molecule has 3 heterocycles. The minimum absolute atomic E-state index is 0.169. The smallest absolute Gasteiger partial charge is 0.248 e. The van der Waals surface area contributed by atoms with Crippen LogP contribution in [0.5, 0.6) is 5.75 Å². The van der Waals surface area contributed by atoms with Gasteiger partial charge in [-0.2, -0.15) is 14.8 Å². The Morgan fingerprint density at radius 1 is 1.05 bits per heavy atom. The average Bonchev–Trinajstić information content (AvgIpc) is 3.30. The third kappa shape index (κ3) is 5.48. The van der Waals surface area contributed by atoms with Crippen molar-refractivity contribution >= 4 is 40.9 Å². The molecule has 7 rings (SSSR count). The average molecular weight is 582 g/mol. The molecule has 0 unspecified atom stereocenters. The topological polar surface area (TPSA) is 109 Å². The summed E-state index contributed by atoms with van der Waals surface area (Å²) in [5, 5.41) is 12.2. The first-order chi connectivity index (χ1) is 21.1. The van der Waals surface area contributed by atoms with Gasteiger partial charge in [0.25, 0.3) is 0 Å². The molecule has 1 aromatic heterocycles. The molecule has 1 saturated carbocycles. The number of piperazine rings is 1. The van der Waals surface area contributed by atoms with Gasteiger partial charge in [-0.1, -0.05) is 37.5 Å². The van der Waals surface area contributed by atoms with E-state index in [2.05, 4.69) is 35.7 Å². The van der Waals surface area contributed by atoms with Crippen molar-refractivity contribution in [3.8, 4) is 5.75 Å². The number of benzene rings is 2. The normalized spacial score (nSPS) is 18.9. The molecular formula is C32H36FN9O. The van der Waals surface area contributed by atoms with Crippen molar-refractivity contribution in [1.29, 1.82) is 0 Å². The van der Waals surface area contributed by atoms with Gasteiger partial charge in [0.1, 0.15) is 11.6 Å². The predicted molar refractivity (Wildman–Crippen MR) is 169 cm³/mol. The number of hydrogen-bond acceptors (Lipinski definition) is 9. The first kappa shape index (κ1) is 27.2. The summed E-state index contributed by atoms with van der Waals surface area (Å²) in [6.45, 7) is 3.63. The fourth-order valence-electron chi connectivity index (χ4n) is 6.45. The van der Waals surface area contributed by atoms with E-state index in [1.165, 1.54) is 42.9 Å². The quantitative estimate of drug-likeness (QED) is 0.375. The number of nitrogens with two attached hydrogens (primary N) is 1. The van der Waals surface area contributed by atoms with E-state index < -0.39 is 0 Å². The van der Waals surface area contributed by atoms with Crippen molar-refractivity contribution in [2.75, 3.05) is 49.2 Å². The second-order valence-electron chi connectivity index (χ2n) is 11.3. The minimum Gasteiger partial charge on any atom is -0.497 e. The Hall–Kier alpha value is -4.64. The van der Waals surface area contributed by atoms with Crippen molar-refractivity contribution in [2.24, 2.45) is 5.10 Å². The third-order valence-electron chi connectivity index (χ3n) is 8.72. The maximum atomic E-state index is 15.3. The lowest BCUT2D eigenvalue weighted by Gasteiger charge is -2.41. The van der Waals surface area contributed by atoms with Crippen LogP contribution in [0.4, 0.5) is 27.7 Å². The maximum absolute atomic E-state index is 15.3. The largest absolute Gasteiger partial charge is 0.497 e. The summed E-state index contributed by atoms with van der Waals surface area (Å²) in [5.41, 5.74) is 14.2. The predicted octanol–water partition coefficient (Wildman–Crippen LogP) is 4.97. The molecule has 2 aliphatic heterocycles. The van der Waals surface area contributed by atoms with Crippen LogP contribution in [0.15, 0.2) is 65.3 Å². The van der Waals surface area contributed by atoms with Gasteiger partial charge in [0, 0.05) is 49.0 Å². The second-order valence-corrected chi connectivity index (χ2v) is 11.3. The third-order valence-corrected chi connectivity index (χ3v) is 8.72. The Balaban J connectivity index is 1.03. The van der Waals surface area contributed by atoms with E-state index in [1.54, 1.807) is 7.11 Å². The van der Waals surface area contributed by atoms with Gasteiger partial charge in [-0.05, 0) is 60.9 Å². The molecule has 222 valence electrons. The molecule has 4 aliphatic rings. The molecule has 3 aromatic rings. The van der Waals surface area contributed by atoms with Crippen molar-refractivity contribution in [3.05, 3.63) is 77.1 Å². The van der Waals surface area contributed by atoms with Gasteiger partial charge in [-0.15, -0.1) is 5.10 Å². The summed E-state index contributed by atoms with van der Waals surface area (Å²) in [5.74, 6) is 1.49. The number of ether oxygens (including phenoxy) is 1. The summed E-state index contributed by atoms with van der Waals surface area (Å²) < 4.78 is 22.1. The highest BCUT2D eigenvalue weighted by molar-refractivity contribution is 6.18. The van der Waals surface area contributed by atoms with Gasteiger partial charge in [-0.25, -0.2) is 4.39 Å². The van der Waals surface area contributed by atoms with Crippen molar-refractivity contribution in [2.45, 2.75) is 38.1 Å². The molecule has 43 heavy (non-hydrogen) atoms. The lowest BCUT2D eigenvalue weighted by molar-refractivity contribution is 0.147. The van der Waals surface area contributed by atoms with E-state index in [0.29, 0.717) is 23.2 Å². The number of fused-ring (bicyclic) bond motifs is 3. The zero-order valence-electron chi connectivity index (χ0n) is 24.3. The standard InChI is InChI=1S/C32H36FN9O/c1-43-25-11-12-26-21(18-25)6-5-7-22-19-29(37-38-30(22)26)42-31(34)36-32(39-42)35-23-10-13-28(27(33)20-23)41-16-14-40(15-17-41)24-8-3-2-4-9-24/h5-7,10-13,18-20,24,37H,2-4,8-9,14-17H2,1H3,(H3,34,35,36,39). The Morgan fingerprint density at radius 3 is 2.67 bits per heavy atom. The summed E-state index contributed by atoms with van der Waals surface area (Å²) in [6.07, 6.45) is 14.5. The van der Waals surface area contributed by atoms with Crippen LogP contribution in [0.1, 0.15) is 43.2 Å². The fraction of sp³-hybridized carbons (Fsp3) is 0.344. The van der Waals surface area contributed by atoms with Crippen molar-refractivity contribution in [1.82, 2.24) is 25.1 Å². The van der Waals surface area contributed by atoms with Crippen LogP contribution < -0.4 is 26.1 Å². The molecule has 2 aromatic carbocycles. The molecule has 0 atom stereocenters. The molecule has 0 radical (unpaired) electrons. The maximum Gasteiger partial charge on any atom is 0.248 e. The molecule has 11 heteroatoms. The second kappa shape index (κ2) is 11.6. The summed E-state index contributed by atoms with van der Waals surface area (Å²) in [7, 11) is 1.65. The summed E-state index contributed by atoms with van der Waals surface area (Å²) in [6, 6.07) is 11.8. The molecule has 1 saturated heterocycles. The number of allylic oxidation sites excluding steroid dienone is 4. The van der Waals surface area contributed by atoms with E-state index in [9.17, 15) is 0 Å². The minimum atomic E-state index is -0.270. The lowest BCUT2D eigenvalue weighted by Crippen LogP contribution is -2.51. The number of anilines is 4. The molecule has 4 N–H and O–H groups in total. The zero-order valence-corrected chi connectivity index (χ0v) is 24.3.